The molecule has 1 aromatic carbocycles. The van der Waals surface area contributed by atoms with Crippen LogP contribution in [0.2, 0.25) is 0 Å². The Labute approximate surface area is 147 Å². The quantitative estimate of drug-likeness (QED) is 0.889. The molecule has 2 atom stereocenters. The Morgan fingerprint density at radius 2 is 2.20 bits per heavy atom. The maximum atomic E-state index is 12.5. The lowest BCUT2D eigenvalue weighted by atomic mass is 9.86. The van der Waals surface area contributed by atoms with Gasteiger partial charge in [-0.2, -0.15) is 0 Å². The summed E-state index contributed by atoms with van der Waals surface area (Å²) in [5.74, 6) is 0.560. The molecule has 1 aliphatic carbocycles. The van der Waals surface area contributed by atoms with Gasteiger partial charge in [0.2, 0.25) is 12.3 Å². The number of aryl methyl sites for hydroxylation is 1. The number of carbonyl (C=O) groups is 1. The van der Waals surface area contributed by atoms with Crippen molar-refractivity contribution in [1.29, 1.82) is 0 Å². The standard InChI is InChI=1S/C18H24N4O3/c1-12-7-8-13(17-21-19-11-25-17)9-15(12)20-18(24)22(2)10-14-5-3-4-6-16(14)23/h7-9,11,14,16,23H,3-6,10H2,1-2H3,(H,20,24)/t14-,16-/m1/s1. The largest absolute Gasteiger partial charge is 0.423 e. The molecule has 0 aliphatic heterocycles. The molecule has 0 unspecified atom stereocenters. The number of hydrogen-bond acceptors (Lipinski definition) is 5. The molecule has 0 saturated heterocycles. The van der Waals surface area contributed by atoms with Gasteiger partial charge in [0.25, 0.3) is 0 Å². The zero-order chi connectivity index (χ0) is 17.8. The molecule has 2 N–H and O–H groups in total. The molecular formula is C18H24N4O3. The van der Waals surface area contributed by atoms with Gasteiger partial charge in [0, 0.05) is 30.8 Å². The number of nitrogens with one attached hydrogen (secondary N) is 1. The fourth-order valence-corrected chi connectivity index (χ4v) is 3.23. The smallest absolute Gasteiger partial charge is 0.321 e. The summed E-state index contributed by atoms with van der Waals surface area (Å²) in [6.07, 6.45) is 4.93. The fourth-order valence-electron chi connectivity index (χ4n) is 3.23. The van der Waals surface area contributed by atoms with Gasteiger partial charge in [0.1, 0.15) is 0 Å². The molecule has 0 radical (unpaired) electrons. The summed E-state index contributed by atoms with van der Waals surface area (Å²) < 4.78 is 5.21. The van der Waals surface area contributed by atoms with Gasteiger partial charge in [-0.05, 0) is 37.5 Å². The molecule has 1 fully saturated rings. The molecule has 1 aromatic heterocycles. The second kappa shape index (κ2) is 7.65. The molecule has 1 saturated carbocycles. The van der Waals surface area contributed by atoms with Gasteiger partial charge in [-0.3, -0.25) is 0 Å². The van der Waals surface area contributed by atoms with Crippen LogP contribution in [0.1, 0.15) is 31.2 Å². The van der Waals surface area contributed by atoms with Crippen molar-refractivity contribution in [2.75, 3.05) is 18.9 Å². The molecular weight excluding hydrogens is 320 g/mol. The molecule has 1 aliphatic rings. The van der Waals surface area contributed by atoms with Crippen molar-refractivity contribution in [3.05, 3.63) is 30.2 Å². The normalized spacial score (nSPS) is 20.3. The first-order chi connectivity index (χ1) is 12.0. The van der Waals surface area contributed by atoms with E-state index in [0.29, 0.717) is 18.1 Å². The van der Waals surface area contributed by atoms with Crippen LogP contribution in [0.5, 0.6) is 0 Å². The highest BCUT2D eigenvalue weighted by atomic mass is 16.4. The average Bonchev–Trinajstić information content (AvgIpc) is 3.13. The fraction of sp³-hybridized carbons (Fsp3) is 0.500. The predicted octanol–water partition coefficient (Wildman–Crippen LogP) is 3.06. The Kier molecular flexibility index (Phi) is 5.33. The monoisotopic (exact) mass is 344 g/mol. The van der Waals surface area contributed by atoms with Crippen molar-refractivity contribution in [3.8, 4) is 11.5 Å². The molecule has 7 heteroatoms. The lowest BCUT2D eigenvalue weighted by Gasteiger charge is -2.31. The molecule has 0 spiro atoms. The van der Waals surface area contributed by atoms with E-state index >= 15 is 0 Å². The average molecular weight is 344 g/mol. The number of aliphatic hydroxyl groups excluding tert-OH is 1. The highest BCUT2D eigenvalue weighted by Gasteiger charge is 2.25. The molecule has 7 nitrogen and oxygen atoms in total. The second-order valence-corrected chi connectivity index (χ2v) is 6.70. The van der Waals surface area contributed by atoms with Crippen LogP contribution in [-0.2, 0) is 0 Å². The zero-order valence-electron chi connectivity index (χ0n) is 14.6. The summed E-state index contributed by atoms with van der Waals surface area (Å²) in [7, 11) is 1.76. The Morgan fingerprint density at radius 3 is 2.92 bits per heavy atom. The first-order valence-electron chi connectivity index (χ1n) is 8.62. The van der Waals surface area contributed by atoms with Crippen LogP contribution in [0.4, 0.5) is 10.5 Å². The summed E-state index contributed by atoms with van der Waals surface area (Å²) in [5.41, 5.74) is 2.41. The minimum Gasteiger partial charge on any atom is -0.423 e. The Morgan fingerprint density at radius 1 is 1.40 bits per heavy atom. The lowest BCUT2D eigenvalue weighted by molar-refractivity contribution is 0.0575. The van der Waals surface area contributed by atoms with Gasteiger partial charge in [-0.1, -0.05) is 18.9 Å². The molecule has 134 valence electrons. The molecule has 1 heterocycles. The van der Waals surface area contributed by atoms with Crippen molar-refractivity contribution in [2.45, 2.75) is 38.7 Å². The predicted molar refractivity (Wildman–Crippen MR) is 94.1 cm³/mol. The zero-order valence-corrected chi connectivity index (χ0v) is 14.6. The molecule has 2 aromatic rings. The van der Waals surface area contributed by atoms with E-state index in [0.717, 1.165) is 36.8 Å². The first kappa shape index (κ1) is 17.4. The number of urea groups is 1. The molecule has 0 bridgehead atoms. The summed E-state index contributed by atoms with van der Waals surface area (Å²) in [6.45, 7) is 2.48. The van der Waals surface area contributed by atoms with Crippen molar-refractivity contribution < 1.29 is 14.3 Å². The number of nitrogens with zero attached hydrogens (tertiary/aromatic N) is 3. The Hall–Kier alpha value is -2.41. The summed E-state index contributed by atoms with van der Waals surface area (Å²) in [5, 5.41) is 20.6. The van der Waals surface area contributed by atoms with Gasteiger partial charge in [-0.15, -0.1) is 10.2 Å². The van der Waals surface area contributed by atoms with Crippen LogP contribution >= 0.6 is 0 Å². The third-order valence-corrected chi connectivity index (χ3v) is 4.81. The maximum absolute atomic E-state index is 12.5. The van der Waals surface area contributed by atoms with Crippen LogP contribution < -0.4 is 5.32 Å². The number of anilines is 1. The van der Waals surface area contributed by atoms with Gasteiger partial charge >= 0.3 is 6.03 Å². The third kappa shape index (κ3) is 4.17. The van der Waals surface area contributed by atoms with Crippen molar-refractivity contribution in [3.63, 3.8) is 0 Å². The minimum atomic E-state index is -0.313. The van der Waals surface area contributed by atoms with E-state index in [1.807, 2.05) is 25.1 Å². The SMILES string of the molecule is Cc1ccc(-c2nnco2)cc1NC(=O)N(C)C[C@H]1CCCC[C@H]1O. The Balaban J connectivity index is 1.66. The van der Waals surface area contributed by atoms with E-state index in [4.69, 9.17) is 4.42 Å². The van der Waals surface area contributed by atoms with E-state index in [2.05, 4.69) is 15.5 Å². The molecule has 25 heavy (non-hydrogen) atoms. The number of aromatic nitrogens is 2. The summed E-state index contributed by atoms with van der Waals surface area (Å²) >= 11 is 0. The van der Waals surface area contributed by atoms with Crippen molar-refractivity contribution >= 4 is 11.7 Å². The van der Waals surface area contributed by atoms with Gasteiger partial charge in [0.05, 0.1) is 6.10 Å². The minimum absolute atomic E-state index is 0.148. The van der Waals surface area contributed by atoms with Gasteiger partial charge in [-0.25, -0.2) is 4.79 Å². The van der Waals surface area contributed by atoms with Gasteiger partial charge < -0.3 is 19.7 Å². The van der Waals surface area contributed by atoms with E-state index in [-0.39, 0.29) is 18.1 Å². The van der Waals surface area contributed by atoms with Crippen LogP contribution in [0.15, 0.2) is 29.0 Å². The highest BCUT2D eigenvalue weighted by molar-refractivity contribution is 5.90. The number of amides is 2. The van der Waals surface area contributed by atoms with E-state index < -0.39 is 0 Å². The highest BCUT2D eigenvalue weighted by Crippen LogP contribution is 2.26. The van der Waals surface area contributed by atoms with E-state index in [1.54, 1.807) is 11.9 Å². The van der Waals surface area contributed by atoms with Gasteiger partial charge in [0.15, 0.2) is 0 Å². The summed E-state index contributed by atoms with van der Waals surface area (Å²) in [6, 6.07) is 5.41. The van der Waals surface area contributed by atoms with Crippen LogP contribution in [0, 0.1) is 12.8 Å². The third-order valence-electron chi connectivity index (χ3n) is 4.81. The number of rotatable bonds is 4. The number of aliphatic hydroxyl groups is 1. The van der Waals surface area contributed by atoms with Crippen molar-refractivity contribution in [2.24, 2.45) is 5.92 Å². The molecule has 3 rings (SSSR count). The maximum Gasteiger partial charge on any atom is 0.321 e. The molecule has 2 amide bonds. The van der Waals surface area contributed by atoms with Crippen molar-refractivity contribution in [1.82, 2.24) is 15.1 Å². The van der Waals surface area contributed by atoms with Crippen LogP contribution in [0.25, 0.3) is 11.5 Å². The van der Waals surface area contributed by atoms with Crippen LogP contribution in [-0.4, -0.2) is 45.9 Å². The topological polar surface area (TPSA) is 91.5 Å². The second-order valence-electron chi connectivity index (χ2n) is 6.70. The van der Waals surface area contributed by atoms with E-state index in [1.165, 1.54) is 6.39 Å². The first-order valence-corrected chi connectivity index (χ1v) is 8.62. The number of hydrogen-bond donors (Lipinski definition) is 2. The Bertz CT molecular complexity index is 717. The van der Waals surface area contributed by atoms with Crippen LogP contribution in [0.3, 0.4) is 0 Å². The number of benzene rings is 1. The summed E-state index contributed by atoms with van der Waals surface area (Å²) in [4.78, 5) is 14.2. The lowest BCUT2D eigenvalue weighted by Crippen LogP contribution is -2.40. The number of carbonyl (C=O) groups excluding carboxylic acids is 1. The van der Waals surface area contributed by atoms with E-state index in [9.17, 15) is 9.90 Å².